The van der Waals surface area contributed by atoms with Gasteiger partial charge in [0.2, 0.25) is 5.95 Å². The van der Waals surface area contributed by atoms with Crippen LogP contribution in [-0.2, 0) is 13.0 Å². The Morgan fingerprint density at radius 2 is 1.74 bits per heavy atom. The number of nitrogens with zero attached hydrogens (tertiary/aromatic N) is 3. The summed E-state index contributed by atoms with van der Waals surface area (Å²) in [7, 11) is 4.08. The van der Waals surface area contributed by atoms with Crippen molar-refractivity contribution < 1.29 is 0 Å². The van der Waals surface area contributed by atoms with Gasteiger partial charge in [0, 0.05) is 41.8 Å². The monoisotopic (exact) mass is 439 g/mol. The van der Waals surface area contributed by atoms with Gasteiger partial charge in [-0.25, -0.2) is 4.98 Å². The van der Waals surface area contributed by atoms with Crippen LogP contribution in [0.25, 0.3) is 10.9 Å². The molecule has 1 aromatic carbocycles. The molecular weight excluding hydrogens is 402 g/mol. The van der Waals surface area contributed by atoms with E-state index in [1.165, 1.54) is 35.4 Å². The highest BCUT2D eigenvalue weighted by Gasteiger charge is 2.22. The molecule has 0 bridgehead atoms. The molecule has 2 N–H and O–H groups in total. The van der Waals surface area contributed by atoms with Gasteiger partial charge in [-0.3, -0.25) is 0 Å². The maximum absolute atomic E-state index is 4.80. The van der Waals surface area contributed by atoms with Crippen molar-refractivity contribution in [3.05, 3.63) is 46.2 Å². The maximum atomic E-state index is 4.80. The highest BCUT2D eigenvalue weighted by molar-refractivity contribution is 7.11. The molecule has 5 nitrogen and oxygen atoms in total. The van der Waals surface area contributed by atoms with Crippen LogP contribution < -0.4 is 15.5 Å². The summed E-state index contributed by atoms with van der Waals surface area (Å²) in [6.07, 6.45) is 6.00. The smallest absolute Gasteiger partial charge is 0.225 e. The predicted molar refractivity (Wildman–Crippen MR) is 135 cm³/mol. The summed E-state index contributed by atoms with van der Waals surface area (Å²) in [5.74, 6) is 2.49. The van der Waals surface area contributed by atoms with E-state index in [0.717, 1.165) is 48.1 Å². The van der Waals surface area contributed by atoms with Gasteiger partial charge in [-0.15, -0.1) is 11.3 Å². The van der Waals surface area contributed by atoms with Crippen molar-refractivity contribution >= 4 is 34.0 Å². The van der Waals surface area contributed by atoms with Crippen molar-refractivity contribution in [1.82, 2.24) is 15.3 Å². The quantitative estimate of drug-likeness (QED) is 0.470. The molecule has 0 spiro atoms. The zero-order valence-corrected chi connectivity index (χ0v) is 19.1. The topological polar surface area (TPSA) is 53.1 Å². The van der Waals surface area contributed by atoms with Gasteiger partial charge in [-0.2, -0.15) is 4.98 Å². The Hall–Kier alpha value is -2.18. The number of benzene rings is 1. The molecule has 6 heteroatoms. The first-order chi connectivity index (χ1) is 14.6. The molecule has 0 radical (unpaired) electrons. The summed E-state index contributed by atoms with van der Waals surface area (Å²) < 4.78 is 0. The molecule has 0 unspecified atom stereocenters. The predicted octanol–water partition coefficient (Wildman–Crippen LogP) is 5.72. The molecule has 1 fully saturated rings. The van der Waals surface area contributed by atoms with E-state index in [9.17, 15) is 0 Å². The van der Waals surface area contributed by atoms with Gasteiger partial charge < -0.3 is 15.5 Å². The number of nitrogens with one attached hydrogen (secondary N) is 2. The summed E-state index contributed by atoms with van der Waals surface area (Å²) in [6.45, 7) is 4.34. The lowest BCUT2D eigenvalue weighted by Gasteiger charge is -2.29. The summed E-state index contributed by atoms with van der Waals surface area (Å²) in [5.41, 5.74) is 0.997. The van der Waals surface area contributed by atoms with Gasteiger partial charge in [-0.05, 0) is 68.8 Å². The number of hydrogen-bond donors (Lipinski definition) is 2. The molecule has 4 rings (SSSR count). The Balaban J connectivity index is 0.00000272. The van der Waals surface area contributed by atoms with Crippen molar-refractivity contribution in [2.45, 2.75) is 59.0 Å². The van der Waals surface area contributed by atoms with Crippen molar-refractivity contribution in [3.8, 4) is 0 Å². The summed E-state index contributed by atoms with van der Waals surface area (Å²) in [4.78, 5) is 14.6. The SMILES string of the molecule is C.CCc1ccc(CNCC2CCC(Nc3nc(N(C)C)c4ccccc4n3)CC2)s1. The number of anilines is 2. The number of rotatable bonds is 8. The Morgan fingerprint density at radius 3 is 2.45 bits per heavy atom. The molecule has 0 atom stereocenters. The highest BCUT2D eigenvalue weighted by atomic mass is 32.1. The van der Waals surface area contributed by atoms with Crippen molar-refractivity contribution in [2.75, 3.05) is 30.9 Å². The van der Waals surface area contributed by atoms with Gasteiger partial charge in [0.15, 0.2) is 0 Å². The van der Waals surface area contributed by atoms with Crippen LogP contribution in [0.15, 0.2) is 36.4 Å². The number of fused-ring (bicyclic) bond motifs is 1. The average molecular weight is 440 g/mol. The fraction of sp³-hybridized carbons (Fsp3) is 0.520. The first kappa shape index (κ1) is 23.5. The lowest BCUT2D eigenvalue weighted by atomic mass is 9.86. The van der Waals surface area contributed by atoms with Gasteiger partial charge >= 0.3 is 0 Å². The number of thiophene rings is 1. The summed E-state index contributed by atoms with van der Waals surface area (Å²) >= 11 is 1.94. The molecule has 31 heavy (non-hydrogen) atoms. The lowest BCUT2D eigenvalue weighted by Crippen LogP contribution is -2.31. The van der Waals surface area contributed by atoms with Gasteiger partial charge in [0.05, 0.1) is 5.52 Å². The van der Waals surface area contributed by atoms with E-state index < -0.39 is 0 Å². The van der Waals surface area contributed by atoms with Gasteiger partial charge in [0.25, 0.3) is 0 Å². The van der Waals surface area contributed by atoms with Crippen LogP contribution in [0.4, 0.5) is 11.8 Å². The number of aryl methyl sites for hydroxylation is 1. The second-order valence-electron chi connectivity index (χ2n) is 8.50. The van der Waals surface area contributed by atoms with Crippen LogP contribution in [0.2, 0.25) is 0 Å². The molecule has 0 aliphatic heterocycles. The van der Waals surface area contributed by atoms with E-state index >= 15 is 0 Å². The Kier molecular flexibility index (Phi) is 8.27. The van der Waals surface area contributed by atoms with Crippen LogP contribution in [-0.4, -0.2) is 36.6 Å². The van der Waals surface area contributed by atoms with Crippen molar-refractivity contribution in [2.24, 2.45) is 5.92 Å². The zero-order valence-electron chi connectivity index (χ0n) is 18.3. The molecule has 3 aromatic rings. The van der Waals surface area contributed by atoms with E-state index in [0.29, 0.717) is 6.04 Å². The normalized spacial score (nSPS) is 18.5. The third-order valence-electron chi connectivity index (χ3n) is 5.98. The van der Waals surface area contributed by atoms with Gasteiger partial charge in [0.1, 0.15) is 5.82 Å². The molecule has 2 heterocycles. The standard InChI is InChI=1S/C24H33N5S.CH4/c1-4-19-13-14-20(30-19)16-25-15-17-9-11-18(12-10-17)26-24-27-22-8-6-5-7-21(22)23(28-24)29(2)3;/h5-8,13-14,17-18,25H,4,9-12,15-16H2,1-3H3,(H,26,27,28);1H4. The van der Waals surface area contributed by atoms with Crippen LogP contribution in [0.3, 0.4) is 0 Å². The van der Waals surface area contributed by atoms with Crippen LogP contribution >= 0.6 is 11.3 Å². The fourth-order valence-electron chi connectivity index (χ4n) is 4.27. The van der Waals surface area contributed by atoms with E-state index in [-0.39, 0.29) is 7.43 Å². The van der Waals surface area contributed by atoms with E-state index in [1.54, 1.807) is 0 Å². The first-order valence-electron chi connectivity index (χ1n) is 11.1. The van der Waals surface area contributed by atoms with E-state index in [1.807, 2.05) is 37.6 Å². The molecule has 1 aliphatic rings. The Labute approximate surface area is 191 Å². The Bertz CT molecular complexity index is 959. The molecule has 2 aromatic heterocycles. The van der Waals surface area contributed by atoms with E-state index in [2.05, 4.69) is 46.7 Å². The fourth-order valence-corrected chi connectivity index (χ4v) is 5.19. The molecule has 0 saturated heterocycles. The lowest BCUT2D eigenvalue weighted by molar-refractivity contribution is 0.324. The third-order valence-corrected chi connectivity index (χ3v) is 7.21. The maximum Gasteiger partial charge on any atom is 0.225 e. The molecular formula is C25H37N5S. The minimum atomic E-state index is 0. The van der Waals surface area contributed by atoms with Crippen LogP contribution in [0.1, 0.15) is 49.8 Å². The second-order valence-corrected chi connectivity index (χ2v) is 9.75. The zero-order chi connectivity index (χ0) is 20.9. The third kappa shape index (κ3) is 5.95. The summed E-state index contributed by atoms with van der Waals surface area (Å²) in [6, 6.07) is 13.2. The van der Waals surface area contributed by atoms with E-state index in [4.69, 9.17) is 9.97 Å². The van der Waals surface area contributed by atoms with Crippen LogP contribution in [0, 0.1) is 5.92 Å². The van der Waals surface area contributed by atoms with Crippen LogP contribution in [0.5, 0.6) is 0 Å². The molecule has 1 saturated carbocycles. The van der Waals surface area contributed by atoms with Crippen molar-refractivity contribution in [3.63, 3.8) is 0 Å². The minimum absolute atomic E-state index is 0. The average Bonchev–Trinajstić information content (AvgIpc) is 3.22. The number of para-hydroxylation sites is 1. The summed E-state index contributed by atoms with van der Waals surface area (Å²) in [5, 5.41) is 8.38. The molecule has 0 amide bonds. The number of aromatic nitrogens is 2. The largest absolute Gasteiger partial charge is 0.362 e. The van der Waals surface area contributed by atoms with Crippen molar-refractivity contribution in [1.29, 1.82) is 0 Å². The Morgan fingerprint density at radius 1 is 1.00 bits per heavy atom. The second kappa shape index (κ2) is 10.9. The van der Waals surface area contributed by atoms with Gasteiger partial charge in [-0.1, -0.05) is 26.5 Å². The first-order valence-corrected chi connectivity index (χ1v) is 11.9. The highest BCUT2D eigenvalue weighted by Crippen LogP contribution is 2.28. The number of hydrogen-bond acceptors (Lipinski definition) is 6. The molecule has 168 valence electrons. The minimum Gasteiger partial charge on any atom is -0.362 e. The molecule has 1 aliphatic carbocycles.